The molecule has 0 unspecified atom stereocenters. The molecule has 0 bridgehead atoms. The van der Waals surface area contributed by atoms with E-state index in [1.807, 2.05) is 17.7 Å². The Kier molecular flexibility index (Phi) is 9.90. The molecule has 2 atom stereocenters. The fourth-order valence-corrected chi connectivity index (χ4v) is 5.44. The van der Waals surface area contributed by atoms with Crippen molar-refractivity contribution >= 4 is 50.6 Å². The Hall–Kier alpha value is -2.46. The Morgan fingerprint density at radius 1 is 1.06 bits per heavy atom. The molecule has 0 fully saturated rings. The number of carbonyl (C=O) groups is 1. The number of carbonyl (C=O) groups excluding carboxylic acids is 1. The van der Waals surface area contributed by atoms with Gasteiger partial charge in [0.05, 0.1) is 38.7 Å². The number of imidazole rings is 1. The zero-order chi connectivity index (χ0) is 26.3. The maximum atomic E-state index is 13.2. The third kappa shape index (κ3) is 7.52. The zero-order valence-electron chi connectivity index (χ0n) is 19.6. The number of ether oxygens (including phenoxy) is 3. The lowest BCUT2D eigenvalue weighted by Crippen LogP contribution is -2.25. The van der Waals surface area contributed by atoms with Crippen LogP contribution in [0.1, 0.15) is 13.8 Å². The molecule has 1 heterocycles. The molecule has 0 radical (unpaired) electrons. The Morgan fingerprint density at radius 2 is 1.72 bits per heavy atom. The van der Waals surface area contributed by atoms with Crippen LogP contribution in [0.2, 0.25) is 10.0 Å². The Morgan fingerprint density at radius 3 is 2.28 bits per heavy atom. The van der Waals surface area contributed by atoms with E-state index in [2.05, 4.69) is 4.98 Å². The summed E-state index contributed by atoms with van der Waals surface area (Å²) in [4.78, 5) is 15.1. The number of halogens is 3. The fraction of sp³-hybridized carbons (Fsp3) is 0.333. The van der Waals surface area contributed by atoms with Crippen LogP contribution in [0.4, 0.5) is 0 Å². The van der Waals surface area contributed by atoms with Gasteiger partial charge in [-0.25, -0.2) is 13.4 Å². The zero-order valence-corrected chi connectivity index (χ0v) is 22.6. The topological polar surface area (TPSA) is 96.7 Å². The summed E-state index contributed by atoms with van der Waals surface area (Å²) in [6.45, 7) is 4.41. The van der Waals surface area contributed by atoms with Gasteiger partial charge in [0, 0.05) is 31.8 Å². The highest BCUT2D eigenvalue weighted by atomic mass is 35.5. The van der Waals surface area contributed by atoms with Crippen molar-refractivity contribution in [3.05, 3.63) is 65.2 Å². The summed E-state index contributed by atoms with van der Waals surface area (Å²) in [7, 11) is -3.92. The number of esters is 1. The molecule has 0 spiro atoms. The number of hydrogen-bond acceptors (Lipinski definition) is 7. The predicted molar refractivity (Wildman–Crippen MR) is 137 cm³/mol. The van der Waals surface area contributed by atoms with Crippen LogP contribution < -0.4 is 9.47 Å². The van der Waals surface area contributed by atoms with Crippen molar-refractivity contribution in [1.82, 2.24) is 9.55 Å². The van der Waals surface area contributed by atoms with Gasteiger partial charge in [-0.2, -0.15) is 0 Å². The minimum absolute atomic E-state index is 0.00448. The van der Waals surface area contributed by atoms with E-state index in [-0.39, 0.29) is 44.0 Å². The highest BCUT2D eigenvalue weighted by Crippen LogP contribution is 2.37. The summed E-state index contributed by atoms with van der Waals surface area (Å²) in [5.74, 6) is 0.329. The number of aromatic nitrogens is 2. The van der Waals surface area contributed by atoms with Gasteiger partial charge < -0.3 is 18.8 Å². The molecule has 8 nitrogen and oxygen atoms in total. The summed E-state index contributed by atoms with van der Waals surface area (Å²) in [6, 6.07) is 8.62. The number of alkyl halides is 1. The van der Waals surface area contributed by atoms with Crippen LogP contribution >= 0.6 is 34.8 Å². The molecule has 0 aliphatic rings. The van der Waals surface area contributed by atoms with Gasteiger partial charge in [-0.15, -0.1) is 11.6 Å². The first-order chi connectivity index (χ1) is 17.1. The third-order valence-electron chi connectivity index (χ3n) is 4.95. The molecular formula is C24H25Cl3N2O6S. The van der Waals surface area contributed by atoms with Gasteiger partial charge in [-0.05, 0) is 36.4 Å². The van der Waals surface area contributed by atoms with Crippen molar-refractivity contribution in [2.75, 3.05) is 19.1 Å². The van der Waals surface area contributed by atoms with Crippen LogP contribution in [0.15, 0.2) is 64.9 Å². The average molecular weight is 576 g/mol. The third-order valence-corrected chi connectivity index (χ3v) is 7.61. The number of sulfone groups is 1. The van der Waals surface area contributed by atoms with Gasteiger partial charge in [-0.1, -0.05) is 30.1 Å². The van der Waals surface area contributed by atoms with Crippen LogP contribution in [-0.2, 0) is 25.9 Å². The molecule has 36 heavy (non-hydrogen) atoms. The molecule has 3 aromatic rings. The van der Waals surface area contributed by atoms with Gasteiger partial charge in [0.25, 0.3) is 0 Å². The van der Waals surface area contributed by atoms with Crippen LogP contribution in [0.25, 0.3) is 0 Å². The first kappa shape index (κ1) is 28.1. The molecule has 12 heteroatoms. The average Bonchev–Trinajstić information content (AvgIpc) is 3.34. The van der Waals surface area contributed by atoms with Crippen LogP contribution in [0.5, 0.6) is 11.5 Å². The summed E-state index contributed by atoms with van der Waals surface area (Å²) in [5.41, 5.74) is 0. The quantitative estimate of drug-likeness (QED) is 0.214. The Labute approximate surface area is 225 Å². The van der Waals surface area contributed by atoms with E-state index in [0.29, 0.717) is 12.4 Å². The monoisotopic (exact) mass is 574 g/mol. The first-order valence-electron chi connectivity index (χ1n) is 10.9. The Bertz CT molecular complexity index is 1240. The van der Waals surface area contributed by atoms with Crippen molar-refractivity contribution in [3.63, 3.8) is 0 Å². The fourth-order valence-electron chi connectivity index (χ4n) is 3.25. The second-order valence-corrected chi connectivity index (χ2v) is 11.1. The number of benzene rings is 2. The van der Waals surface area contributed by atoms with Crippen LogP contribution in [0.3, 0.4) is 0 Å². The van der Waals surface area contributed by atoms with E-state index < -0.39 is 21.9 Å². The Balaban J connectivity index is 1.67. The molecule has 194 valence electrons. The predicted octanol–water partition coefficient (Wildman–Crippen LogP) is 5.29. The van der Waals surface area contributed by atoms with E-state index in [1.165, 1.54) is 31.2 Å². The normalized spacial score (nSPS) is 13.1. The van der Waals surface area contributed by atoms with Crippen molar-refractivity contribution in [1.29, 1.82) is 0 Å². The van der Waals surface area contributed by atoms with Gasteiger partial charge in [-0.3, -0.25) is 4.79 Å². The summed E-state index contributed by atoms with van der Waals surface area (Å²) >= 11 is 18.3. The molecule has 0 amide bonds. The molecular weight excluding hydrogens is 551 g/mol. The van der Waals surface area contributed by atoms with Crippen molar-refractivity contribution in [2.24, 2.45) is 5.92 Å². The summed E-state index contributed by atoms with van der Waals surface area (Å²) in [6.07, 6.45) is 4.63. The van der Waals surface area contributed by atoms with Gasteiger partial charge >= 0.3 is 5.97 Å². The van der Waals surface area contributed by atoms with Gasteiger partial charge in [0.2, 0.25) is 9.84 Å². The second kappa shape index (κ2) is 12.7. The standard InChI is InChI=1S/C24H25Cl3N2O6S/c1-16(12-29-8-7-28-15-29)13-33-18-3-5-20(6-4-18)36(31,32)21-9-22(26)24(23(27)10-21)34-14-19(11-25)35-17(2)30/h3-10,15-16,19H,11-14H2,1-2H3/t16-,19+/m1/s1. The summed E-state index contributed by atoms with van der Waals surface area (Å²) in [5, 5.41) is -0.0203. The number of nitrogens with zero attached hydrogens (tertiary/aromatic N) is 2. The van der Waals surface area contributed by atoms with Gasteiger partial charge in [0.15, 0.2) is 5.75 Å². The van der Waals surface area contributed by atoms with E-state index in [1.54, 1.807) is 24.7 Å². The molecule has 0 aliphatic heterocycles. The van der Waals surface area contributed by atoms with Gasteiger partial charge in [0.1, 0.15) is 18.5 Å². The minimum Gasteiger partial charge on any atom is -0.493 e. The molecule has 0 saturated heterocycles. The number of hydrogen-bond donors (Lipinski definition) is 0. The first-order valence-corrected chi connectivity index (χ1v) is 13.7. The van der Waals surface area contributed by atoms with Crippen molar-refractivity contribution < 1.29 is 27.4 Å². The van der Waals surface area contributed by atoms with E-state index in [4.69, 9.17) is 49.0 Å². The van der Waals surface area contributed by atoms with Crippen molar-refractivity contribution in [2.45, 2.75) is 36.3 Å². The molecule has 0 N–H and O–H groups in total. The van der Waals surface area contributed by atoms with E-state index >= 15 is 0 Å². The smallest absolute Gasteiger partial charge is 0.303 e. The lowest BCUT2D eigenvalue weighted by molar-refractivity contribution is -0.146. The minimum atomic E-state index is -3.92. The maximum Gasteiger partial charge on any atom is 0.303 e. The van der Waals surface area contributed by atoms with E-state index in [0.717, 1.165) is 6.54 Å². The number of rotatable bonds is 12. The SMILES string of the molecule is CC(=O)O[C@@H](CCl)COc1c(Cl)cc(S(=O)(=O)c2ccc(OC[C@H](C)Cn3ccnc3)cc2)cc1Cl. The molecule has 3 rings (SSSR count). The molecule has 0 aliphatic carbocycles. The van der Waals surface area contributed by atoms with Crippen LogP contribution in [-0.4, -0.2) is 49.1 Å². The van der Waals surface area contributed by atoms with E-state index in [9.17, 15) is 13.2 Å². The molecule has 1 aromatic heterocycles. The maximum absolute atomic E-state index is 13.2. The lowest BCUT2D eigenvalue weighted by Gasteiger charge is -2.17. The second-order valence-electron chi connectivity index (χ2n) is 8.06. The summed E-state index contributed by atoms with van der Waals surface area (Å²) < 4.78 is 44.6. The van der Waals surface area contributed by atoms with Crippen LogP contribution in [0, 0.1) is 5.92 Å². The molecule has 0 saturated carbocycles. The lowest BCUT2D eigenvalue weighted by atomic mass is 10.2. The highest BCUT2D eigenvalue weighted by molar-refractivity contribution is 7.91. The highest BCUT2D eigenvalue weighted by Gasteiger charge is 2.23. The van der Waals surface area contributed by atoms with Crippen molar-refractivity contribution in [3.8, 4) is 11.5 Å². The molecule has 2 aromatic carbocycles. The largest absolute Gasteiger partial charge is 0.493 e.